The van der Waals surface area contributed by atoms with Crippen molar-refractivity contribution in [1.82, 2.24) is 25.2 Å². The highest BCUT2D eigenvalue weighted by Crippen LogP contribution is 2.37. The van der Waals surface area contributed by atoms with Crippen LogP contribution in [0.25, 0.3) is 10.2 Å². The van der Waals surface area contributed by atoms with Gasteiger partial charge in [-0.2, -0.15) is 0 Å². The summed E-state index contributed by atoms with van der Waals surface area (Å²) in [4.78, 5) is 30.3. The smallest absolute Gasteiger partial charge is 0.262 e. The lowest BCUT2D eigenvalue weighted by molar-refractivity contribution is -0.0323. The molecule has 1 atom stereocenters. The average Bonchev–Trinajstić information content (AvgIpc) is 3.14. The summed E-state index contributed by atoms with van der Waals surface area (Å²) in [6.45, 7) is 11.0. The van der Waals surface area contributed by atoms with Crippen molar-refractivity contribution in [3.8, 4) is 0 Å². The van der Waals surface area contributed by atoms with E-state index >= 15 is 0 Å². The Labute approximate surface area is 186 Å². The number of nitrogens with zero attached hydrogens (tertiary/aromatic N) is 4. The third-order valence-electron chi connectivity index (χ3n) is 5.25. The third-order valence-corrected chi connectivity index (χ3v) is 6.38. The molecule has 1 saturated heterocycles. The molecule has 3 aromatic rings. The Morgan fingerprint density at radius 1 is 1.26 bits per heavy atom. The summed E-state index contributed by atoms with van der Waals surface area (Å²) in [6.07, 6.45) is 5.41. The molecule has 1 amide bonds. The van der Waals surface area contributed by atoms with Gasteiger partial charge in [-0.05, 0) is 19.9 Å². The fraction of sp³-hybridized carbons (Fsp3) is 0.478. The van der Waals surface area contributed by atoms with Crippen molar-refractivity contribution in [1.29, 1.82) is 0 Å². The van der Waals surface area contributed by atoms with Crippen molar-refractivity contribution in [2.45, 2.75) is 52.3 Å². The maximum atomic E-state index is 12.9. The number of nitrogens with one attached hydrogen (secondary N) is 1. The molecule has 4 heterocycles. The molecule has 1 fully saturated rings. The minimum absolute atomic E-state index is 0.0635. The molecule has 4 rings (SSSR count). The number of hydrogen-bond donors (Lipinski definition) is 1. The summed E-state index contributed by atoms with van der Waals surface area (Å²) >= 11 is 1.44. The van der Waals surface area contributed by atoms with E-state index in [1.54, 1.807) is 6.20 Å². The Kier molecular flexibility index (Phi) is 6.60. The third kappa shape index (κ3) is 4.92. The van der Waals surface area contributed by atoms with Gasteiger partial charge in [0.05, 0.1) is 12.7 Å². The number of pyridine rings is 1. The number of carbonyl (C=O) groups excluding carboxylic acids is 1. The molecule has 164 valence electrons. The predicted octanol–water partition coefficient (Wildman–Crippen LogP) is 3.92. The summed E-state index contributed by atoms with van der Waals surface area (Å²) < 4.78 is 6.17. The van der Waals surface area contributed by atoms with Gasteiger partial charge in [-0.1, -0.05) is 19.9 Å². The van der Waals surface area contributed by atoms with Crippen LogP contribution in [0.5, 0.6) is 0 Å². The quantitative estimate of drug-likeness (QED) is 0.627. The zero-order valence-electron chi connectivity index (χ0n) is 18.5. The SMILES string of the molecule is CC(C)NC(=O)c1sc2ncccc2c1[C@H]1CN(Cc2cnc(C(C)C)nc2)CCO1. The first-order valence-corrected chi connectivity index (χ1v) is 11.6. The molecule has 1 N–H and O–H groups in total. The fourth-order valence-electron chi connectivity index (χ4n) is 3.79. The minimum Gasteiger partial charge on any atom is -0.371 e. The summed E-state index contributed by atoms with van der Waals surface area (Å²) in [7, 11) is 0. The molecule has 31 heavy (non-hydrogen) atoms. The van der Waals surface area contributed by atoms with Crippen LogP contribution in [0.2, 0.25) is 0 Å². The molecule has 0 saturated carbocycles. The topological polar surface area (TPSA) is 80.2 Å². The van der Waals surface area contributed by atoms with Crippen LogP contribution in [0.1, 0.15) is 66.3 Å². The number of thiophene rings is 1. The number of amides is 1. The molecular weight excluding hydrogens is 410 g/mol. The Morgan fingerprint density at radius 3 is 2.74 bits per heavy atom. The van der Waals surface area contributed by atoms with Crippen LogP contribution in [0.3, 0.4) is 0 Å². The average molecular weight is 440 g/mol. The van der Waals surface area contributed by atoms with E-state index in [4.69, 9.17) is 4.74 Å². The molecular formula is C23H29N5O2S. The maximum absolute atomic E-state index is 12.9. The molecule has 3 aromatic heterocycles. The van der Waals surface area contributed by atoms with Crippen molar-refractivity contribution < 1.29 is 9.53 Å². The van der Waals surface area contributed by atoms with Crippen LogP contribution in [-0.4, -0.2) is 51.5 Å². The Balaban J connectivity index is 1.58. The standard InChI is InChI=1S/C23H29N5O2S/c1-14(2)21-25-10-16(11-26-21)12-28-8-9-30-18(13-28)19-17-6-5-7-24-23(17)31-20(19)22(29)27-15(3)4/h5-7,10-11,14-15,18H,8-9,12-13H2,1-4H3,(H,27,29)/t18-/m1/s1. The molecule has 0 spiro atoms. The van der Waals surface area contributed by atoms with E-state index in [9.17, 15) is 4.79 Å². The van der Waals surface area contributed by atoms with E-state index in [0.29, 0.717) is 23.9 Å². The van der Waals surface area contributed by atoms with Gasteiger partial charge in [0, 0.05) is 66.7 Å². The Hall–Kier alpha value is -2.42. The number of ether oxygens (including phenoxy) is 1. The summed E-state index contributed by atoms with van der Waals surface area (Å²) in [5.74, 6) is 1.12. The molecule has 8 heteroatoms. The first kappa shape index (κ1) is 21.8. The Morgan fingerprint density at radius 2 is 2.03 bits per heavy atom. The molecule has 0 unspecified atom stereocenters. The van der Waals surface area contributed by atoms with Crippen LogP contribution in [0.4, 0.5) is 0 Å². The predicted molar refractivity (Wildman–Crippen MR) is 122 cm³/mol. The van der Waals surface area contributed by atoms with Crippen molar-refractivity contribution in [3.63, 3.8) is 0 Å². The van der Waals surface area contributed by atoms with Gasteiger partial charge in [0.25, 0.3) is 5.91 Å². The van der Waals surface area contributed by atoms with Crippen molar-refractivity contribution in [2.75, 3.05) is 19.7 Å². The molecule has 7 nitrogen and oxygen atoms in total. The molecule has 0 radical (unpaired) electrons. The zero-order chi connectivity index (χ0) is 22.0. The number of carbonyl (C=O) groups is 1. The van der Waals surface area contributed by atoms with E-state index in [1.165, 1.54) is 11.3 Å². The normalized spacial score (nSPS) is 17.5. The van der Waals surface area contributed by atoms with E-state index in [-0.39, 0.29) is 18.1 Å². The van der Waals surface area contributed by atoms with Gasteiger partial charge in [0.15, 0.2) is 0 Å². The van der Waals surface area contributed by atoms with Gasteiger partial charge in [-0.25, -0.2) is 15.0 Å². The fourth-order valence-corrected chi connectivity index (χ4v) is 4.89. The van der Waals surface area contributed by atoms with Gasteiger partial charge in [0.1, 0.15) is 15.5 Å². The maximum Gasteiger partial charge on any atom is 0.262 e. The highest BCUT2D eigenvalue weighted by Gasteiger charge is 2.30. The monoisotopic (exact) mass is 439 g/mol. The van der Waals surface area contributed by atoms with Crippen LogP contribution in [-0.2, 0) is 11.3 Å². The van der Waals surface area contributed by atoms with Gasteiger partial charge in [-0.15, -0.1) is 11.3 Å². The van der Waals surface area contributed by atoms with Crippen molar-refractivity contribution in [3.05, 3.63) is 52.6 Å². The molecule has 1 aliphatic heterocycles. The number of hydrogen-bond acceptors (Lipinski definition) is 7. The van der Waals surface area contributed by atoms with Crippen LogP contribution >= 0.6 is 11.3 Å². The summed E-state index contributed by atoms with van der Waals surface area (Å²) in [6, 6.07) is 4.01. The lowest BCUT2D eigenvalue weighted by Crippen LogP contribution is -2.38. The van der Waals surface area contributed by atoms with Gasteiger partial charge in [-0.3, -0.25) is 9.69 Å². The van der Waals surface area contributed by atoms with Crippen molar-refractivity contribution >= 4 is 27.5 Å². The lowest BCUT2D eigenvalue weighted by atomic mass is 10.0. The summed E-state index contributed by atoms with van der Waals surface area (Å²) in [5.41, 5.74) is 2.03. The van der Waals surface area contributed by atoms with Gasteiger partial charge >= 0.3 is 0 Å². The van der Waals surface area contributed by atoms with Crippen LogP contribution < -0.4 is 5.32 Å². The second-order valence-corrected chi connectivity index (χ2v) is 9.53. The lowest BCUT2D eigenvalue weighted by Gasteiger charge is -2.33. The molecule has 0 bridgehead atoms. The number of aromatic nitrogens is 3. The number of fused-ring (bicyclic) bond motifs is 1. The van der Waals surface area contributed by atoms with Crippen molar-refractivity contribution in [2.24, 2.45) is 0 Å². The molecule has 0 aromatic carbocycles. The molecule has 0 aliphatic carbocycles. The number of rotatable bonds is 6. The highest BCUT2D eigenvalue weighted by atomic mass is 32.1. The van der Waals surface area contributed by atoms with Crippen LogP contribution in [0, 0.1) is 0 Å². The van der Waals surface area contributed by atoms with E-state index in [0.717, 1.165) is 40.3 Å². The van der Waals surface area contributed by atoms with E-state index in [1.807, 2.05) is 38.4 Å². The highest BCUT2D eigenvalue weighted by molar-refractivity contribution is 7.20. The van der Waals surface area contributed by atoms with Gasteiger partial charge < -0.3 is 10.1 Å². The largest absolute Gasteiger partial charge is 0.371 e. The van der Waals surface area contributed by atoms with Gasteiger partial charge in [0.2, 0.25) is 0 Å². The van der Waals surface area contributed by atoms with E-state index < -0.39 is 0 Å². The first-order valence-electron chi connectivity index (χ1n) is 10.8. The number of morpholine rings is 1. The second kappa shape index (κ2) is 9.38. The Bertz CT molecular complexity index is 1050. The zero-order valence-corrected chi connectivity index (χ0v) is 19.3. The second-order valence-electron chi connectivity index (χ2n) is 8.53. The van der Waals surface area contributed by atoms with Crippen LogP contribution in [0.15, 0.2) is 30.7 Å². The first-order chi connectivity index (χ1) is 14.9. The summed E-state index contributed by atoms with van der Waals surface area (Å²) in [5, 5.41) is 4.02. The minimum atomic E-state index is -0.185. The molecule has 1 aliphatic rings. The van der Waals surface area contributed by atoms with E-state index in [2.05, 4.69) is 39.0 Å².